The first kappa shape index (κ1) is 26.3. The summed E-state index contributed by atoms with van der Waals surface area (Å²) < 4.78 is 29.8. The SMILES string of the molecule is COC(=O)Cc1ccc2cc1OCCCc1cc(B3OC(C)(C)C(C)(C)O3)ccc1COc1cccc-2n1. The molecule has 0 spiro atoms. The molecule has 0 amide bonds. The van der Waals surface area contributed by atoms with Gasteiger partial charge >= 0.3 is 13.1 Å². The predicted octanol–water partition coefficient (Wildman–Crippen LogP) is 4.67. The number of hydrogen-bond acceptors (Lipinski definition) is 7. The Labute approximate surface area is 224 Å². The van der Waals surface area contributed by atoms with Crippen LogP contribution in [0.1, 0.15) is 50.8 Å². The molecule has 2 aromatic carbocycles. The third-order valence-corrected chi connectivity index (χ3v) is 7.63. The summed E-state index contributed by atoms with van der Waals surface area (Å²) in [7, 11) is 0.957. The Morgan fingerprint density at radius 2 is 1.76 bits per heavy atom. The van der Waals surface area contributed by atoms with Gasteiger partial charge in [0.05, 0.1) is 37.0 Å². The number of carbonyl (C=O) groups is 1. The highest BCUT2D eigenvalue weighted by Gasteiger charge is 2.51. The second-order valence-electron chi connectivity index (χ2n) is 10.8. The fraction of sp³-hybridized carbons (Fsp3) is 0.400. The van der Waals surface area contributed by atoms with Crippen molar-refractivity contribution in [1.29, 1.82) is 0 Å². The van der Waals surface area contributed by atoms with E-state index >= 15 is 0 Å². The number of aromatic nitrogens is 1. The lowest BCUT2D eigenvalue weighted by Gasteiger charge is -2.32. The van der Waals surface area contributed by atoms with Crippen molar-refractivity contribution in [3.05, 3.63) is 71.3 Å². The second-order valence-corrected chi connectivity index (χ2v) is 10.8. The van der Waals surface area contributed by atoms with Gasteiger partial charge in [-0.1, -0.05) is 36.4 Å². The normalized spacial score (nSPS) is 18.0. The number of rotatable bonds is 3. The van der Waals surface area contributed by atoms with Gasteiger partial charge in [-0.25, -0.2) is 4.98 Å². The van der Waals surface area contributed by atoms with Crippen molar-refractivity contribution in [2.75, 3.05) is 13.7 Å². The largest absolute Gasteiger partial charge is 0.494 e. The zero-order valence-corrected chi connectivity index (χ0v) is 22.7. The third kappa shape index (κ3) is 5.42. The molecule has 0 atom stereocenters. The molecule has 38 heavy (non-hydrogen) atoms. The highest BCUT2D eigenvalue weighted by molar-refractivity contribution is 6.62. The molecule has 0 radical (unpaired) electrons. The van der Waals surface area contributed by atoms with Gasteiger partial charge in [0.15, 0.2) is 0 Å². The number of pyridine rings is 1. The van der Waals surface area contributed by atoms with Gasteiger partial charge in [-0.2, -0.15) is 0 Å². The van der Waals surface area contributed by atoms with Crippen LogP contribution in [0.15, 0.2) is 54.6 Å². The Morgan fingerprint density at radius 3 is 2.53 bits per heavy atom. The summed E-state index contributed by atoms with van der Waals surface area (Å²) in [6.07, 6.45) is 1.71. The zero-order chi connectivity index (χ0) is 26.9. The van der Waals surface area contributed by atoms with Gasteiger partial charge in [0.25, 0.3) is 0 Å². The van der Waals surface area contributed by atoms with Crippen LogP contribution in [0.2, 0.25) is 0 Å². The Bertz CT molecular complexity index is 1320. The van der Waals surface area contributed by atoms with E-state index in [4.69, 9.17) is 28.5 Å². The molecule has 3 aromatic rings. The van der Waals surface area contributed by atoms with Crippen molar-refractivity contribution >= 4 is 18.6 Å². The molecule has 7 nitrogen and oxygen atoms in total. The van der Waals surface area contributed by atoms with Crippen LogP contribution in [-0.4, -0.2) is 43.0 Å². The maximum Gasteiger partial charge on any atom is 0.494 e. The molecule has 2 aliphatic heterocycles. The number of benzene rings is 2. The van der Waals surface area contributed by atoms with Crippen molar-refractivity contribution in [1.82, 2.24) is 4.98 Å². The minimum absolute atomic E-state index is 0.142. The van der Waals surface area contributed by atoms with E-state index < -0.39 is 18.3 Å². The van der Waals surface area contributed by atoms with E-state index in [2.05, 4.69) is 45.9 Å². The van der Waals surface area contributed by atoms with Crippen LogP contribution >= 0.6 is 0 Å². The molecule has 4 bridgehead atoms. The number of nitrogens with zero attached hydrogens (tertiary/aromatic N) is 1. The van der Waals surface area contributed by atoms with E-state index in [1.807, 2.05) is 36.4 Å². The Kier molecular flexibility index (Phi) is 7.20. The molecular formula is C30H34BNO6. The topological polar surface area (TPSA) is 76.1 Å². The molecule has 5 rings (SSSR count). The molecule has 2 aliphatic rings. The Hall–Kier alpha value is -3.36. The van der Waals surface area contributed by atoms with Crippen LogP contribution in [0, 0.1) is 0 Å². The predicted molar refractivity (Wildman–Crippen MR) is 146 cm³/mol. The third-order valence-electron chi connectivity index (χ3n) is 7.63. The second kappa shape index (κ2) is 10.4. The van der Waals surface area contributed by atoms with Crippen molar-refractivity contribution in [3.63, 3.8) is 0 Å². The van der Waals surface area contributed by atoms with Crippen LogP contribution in [0.5, 0.6) is 11.6 Å². The lowest BCUT2D eigenvalue weighted by atomic mass is 9.77. The van der Waals surface area contributed by atoms with Crippen LogP contribution in [0.3, 0.4) is 0 Å². The van der Waals surface area contributed by atoms with Crippen LogP contribution in [0.4, 0.5) is 0 Å². The first-order chi connectivity index (χ1) is 18.1. The van der Waals surface area contributed by atoms with Crippen molar-refractivity contribution in [2.45, 2.75) is 64.8 Å². The maximum absolute atomic E-state index is 12.0. The quantitative estimate of drug-likeness (QED) is 0.371. The molecular weight excluding hydrogens is 481 g/mol. The van der Waals surface area contributed by atoms with Crippen molar-refractivity contribution in [3.8, 4) is 22.9 Å². The Balaban J connectivity index is 1.45. The summed E-state index contributed by atoms with van der Waals surface area (Å²) in [6, 6.07) is 17.8. The molecule has 0 N–H and O–H groups in total. The van der Waals surface area contributed by atoms with Crippen LogP contribution in [0.25, 0.3) is 11.3 Å². The summed E-state index contributed by atoms with van der Waals surface area (Å²) >= 11 is 0. The summed E-state index contributed by atoms with van der Waals surface area (Å²) in [6.45, 7) is 9.12. The van der Waals surface area contributed by atoms with Crippen molar-refractivity contribution < 1.29 is 28.3 Å². The van der Waals surface area contributed by atoms with Gasteiger partial charge < -0.3 is 23.5 Å². The zero-order valence-electron chi connectivity index (χ0n) is 22.7. The minimum atomic E-state index is -0.433. The molecule has 1 aromatic heterocycles. The molecule has 0 aliphatic carbocycles. The summed E-state index contributed by atoms with van der Waals surface area (Å²) in [4.78, 5) is 16.7. The maximum atomic E-state index is 12.0. The molecule has 1 fully saturated rings. The van der Waals surface area contributed by atoms with E-state index in [1.165, 1.54) is 7.11 Å². The summed E-state index contributed by atoms with van der Waals surface area (Å²) in [5, 5.41) is 0. The van der Waals surface area contributed by atoms with E-state index in [0.29, 0.717) is 24.8 Å². The molecule has 1 saturated heterocycles. The van der Waals surface area contributed by atoms with Crippen molar-refractivity contribution in [2.24, 2.45) is 0 Å². The average molecular weight is 515 g/mol. The standard InChI is InChI=1S/C30H34BNO6/c1-29(2)30(3,4)38-31(37-29)24-14-13-23-19-36-27-10-6-9-25(32-27)21-11-12-22(18-28(33)34-5)26(17-21)35-15-7-8-20(23)16-24/h6,9-14,16-17H,7-8,15,18-19H2,1-5H3. The average Bonchev–Trinajstić information content (AvgIpc) is 3.12. The van der Waals surface area contributed by atoms with Gasteiger partial charge in [0.2, 0.25) is 5.88 Å². The lowest BCUT2D eigenvalue weighted by Crippen LogP contribution is -2.41. The number of methoxy groups -OCH3 is 1. The number of hydrogen-bond donors (Lipinski definition) is 0. The summed E-state index contributed by atoms with van der Waals surface area (Å²) in [5.41, 5.74) is 4.84. The highest BCUT2D eigenvalue weighted by Crippen LogP contribution is 2.36. The van der Waals surface area contributed by atoms with Gasteiger partial charge in [0, 0.05) is 17.2 Å². The number of carbonyl (C=O) groups excluding carboxylic acids is 1. The number of aryl methyl sites for hydroxylation is 1. The number of fused-ring (bicyclic) bond motifs is 6. The number of ether oxygens (including phenoxy) is 3. The van der Waals surface area contributed by atoms with Gasteiger partial charge in [-0.15, -0.1) is 0 Å². The Morgan fingerprint density at radius 1 is 0.974 bits per heavy atom. The monoisotopic (exact) mass is 515 g/mol. The lowest BCUT2D eigenvalue weighted by molar-refractivity contribution is -0.139. The molecule has 3 heterocycles. The minimum Gasteiger partial charge on any atom is -0.493 e. The van der Waals surface area contributed by atoms with Gasteiger partial charge in [0.1, 0.15) is 12.4 Å². The van der Waals surface area contributed by atoms with Crippen LogP contribution < -0.4 is 14.9 Å². The molecule has 8 heteroatoms. The molecule has 0 unspecified atom stereocenters. The fourth-order valence-corrected chi connectivity index (χ4v) is 4.62. The van der Waals surface area contributed by atoms with E-state index in [0.717, 1.165) is 46.3 Å². The molecule has 198 valence electrons. The van der Waals surface area contributed by atoms with E-state index in [-0.39, 0.29) is 12.4 Å². The molecule has 0 saturated carbocycles. The van der Waals surface area contributed by atoms with Gasteiger partial charge in [-0.05, 0) is 69.3 Å². The van der Waals surface area contributed by atoms with Gasteiger partial charge in [-0.3, -0.25) is 4.79 Å². The summed E-state index contributed by atoms with van der Waals surface area (Å²) in [5.74, 6) is 0.889. The van der Waals surface area contributed by atoms with E-state index in [9.17, 15) is 4.79 Å². The van der Waals surface area contributed by atoms with Crippen LogP contribution in [-0.2, 0) is 38.3 Å². The van der Waals surface area contributed by atoms with E-state index in [1.54, 1.807) is 0 Å². The smallest absolute Gasteiger partial charge is 0.493 e. The first-order valence-corrected chi connectivity index (χ1v) is 13.1. The fourth-order valence-electron chi connectivity index (χ4n) is 4.62. The number of esters is 1. The first-order valence-electron chi connectivity index (χ1n) is 13.1. The highest BCUT2D eigenvalue weighted by atomic mass is 16.7.